The first-order chi connectivity index (χ1) is 26.4. The molecule has 0 amide bonds. The molecular formula is C38H48N2O6S6Si2. The quantitative estimate of drug-likeness (QED) is 0.0454. The standard InChI is InChI=1S/C38H48N2O6S6Si2/c1-7-41-53(42-8-2,43-9-3)37(35-39-29-21-13-15-23-31(29)47-35)27-19-17-25-33(37)49-51-52-50-34-26-18-20-28-38(34,54(44-10-4,45-11-5)46-12-6)36-40-30-22-14-16-24-32(30)48-36/h13-28,33-34H,7-12H2,1-6H3. The fourth-order valence-electron chi connectivity index (χ4n) is 6.98. The summed E-state index contributed by atoms with van der Waals surface area (Å²) in [7, 11) is 0.148. The van der Waals surface area contributed by atoms with Crippen LogP contribution in [-0.4, -0.2) is 77.7 Å². The molecule has 0 fully saturated rings. The first-order valence-corrected chi connectivity index (χ1v) is 28.4. The molecule has 6 rings (SSSR count). The molecule has 290 valence electrons. The van der Waals surface area contributed by atoms with Crippen molar-refractivity contribution in [3.8, 4) is 0 Å². The fourth-order valence-corrected chi connectivity index (χ4v) is 25.5. The average molecular weight is 877 g/mol. The number of para-hydroxylation sites is 2. The van der Waals surface area contributed by atoms with Crippen LogP contribution in [0.1, 0.15) is 51.6 Å². The minimum Gasteiger partial charge on any atom is -0.373 e. The van der Waals surface area contributed by atoms with Gasteiger partial charge in [0.05, 0.1) is 30.9 Å². The molecule has 0 bridgehead atoms. The number of fused-ring (bicyclic) bond motifs is 2. The van der Waals surface area contributed by atoms with E-state index in [-0.39, 0.29) is 10.5 Å². The number of hydrogen-bond donors (Lipinski definition) is 0. The summed E-state index contributed by atoms with van der Waals surface area (Å²) in [6, 6.07) is 16.6. The molecular weight excluding hydrogens is 829 g/mol. The van der Waals surface area contributed by atoms with E-state index in [0.29, 0.717) is 39.6 Å². The van der Waals surface area contributed by atoms with E-state index in [0.717, 1.165) is 30.4 Å². The highest BCUT2D eigenvalue weighted by Gasteiger charge is 2.68. The molecule has 0 saturated heterocycles. The van der Waals surface area contributed by atoms with Crippen LogP contribution in [0.5, 0.6) is 0 Å². The first kappa shape index (κ1) is 42.4. The van der Waals surface area contributed by atoms with Gasteiger partial charge in [0, 0.05) is 39.6 Å². The van der Waals surface area contributed by atoms with E-state index in [9.17, 15) is 0 Å². The van der Waals surface area contributed by atoms with E-state index in [1.807, 2.05) is 53.7 Å². The Balaban J connectivity index is 1.36. The number of thiazole rings is 2. The molecule has 4 atom stereocenters. The third-order valence-corrected chi connectivity index (χ3v) is 26.6. The minimum absolute atomic E-state index is 0.1000. The van der Waals surface area contributed by atoms with Gasteiger partial charge >= 0.3 is 17.6 Å². The van der Waals surface area contributed by atoms with Crippen molar-refractivity contribution in [2.75, 3.05) is 39.6 Å². The summed E-state index contributed by atoms with van der Waals surface area (Å²) in [5.41, 5.74) is 1.92. The molecule has 2 heterocycles. The van der Waals surface area contributed by atoms with E-state index < -0.39 is 27.7 Å². The zero-order valence-electron chi connectivity index (χ0n) is 31.4. The van der Waals surface area contributed by atoms with Crippen LogP contribution in [0.15, 0.2) is 97.1 Å². The van der Waals surface area contributed by atoms with E-state index in [1.165, 1.54) is 0 Å². The molecule has 2 aromatic carbocycles. The van der Waals surface area contributed by atoms with Gasteiger partial charge < -0.3 is 26.6 Å². The molecule has 4 aromatic rings. The Labute approximate surface area is 344 Å². The van der Waals surface area contributed by atoms with E-state index >= 15 is 0 Å². The lowest BCUT2D eigenvalue weighted by Crippen LogP contribution is -2.66. The van der Waals surface area contributed by atoms with Crippen LogP contribution >= 0.6 is 63.9 Å². The average Bonchev–Trinajstić information content (AvgIpc) is 3.83. The fraction of sp³-hybridized carbons (Fsp3) is 0.421. The number of rotatable bonds is 21. The number of hydrogen-bond acceptors (Lipinski definition) is 14. The van der Waals surface area contributed by atoms with Crippen molar-refractivity contribution in [2.24, 2.45) is 0 Å². The van der Waals surface area contributed by atoms with Crippen molar-refractivity contribution in [2.45, 2.75) is 62.1 Å². The van der Waals surface area contributed by atoms with Crippen molar-refractivity contribution in [1.82, 2.24) is 9.97 Å². The molecule has 2 aromatic heterocycles. The van der Waals surface area contributed by atoms with Gasteiger partial charge in [0.2, 0.25) is 0 Å². The van der Waals surface area contributed by atoms with Crippen LogP contribution in [0.3, 0.4) is 0 Å². The van der Waals surface area contributed by atoms with E-state index in [4.69, 9.17) is 36.5 Å². The molecule has 2 aliphatic carbocycles. The zero-order valence-corrected chi connectivity index (χ0v) is 38.3. The monoisotopic (exact) mass is 876 g/mol. The van der Waals surface area contributed by atoms with E-state index in [2.05, 4.69) is 85.0 Å². The van der Waals surface area contributed by atoms with Crippen LogP contribution in [-0.2, 0) is 36.6 Å². The normalized spacial score (nSPS) is 22.9. The first-order valence-electron chi connectivity index (χ1n) is 18.4. The second-order valence-electron chi connectivity index (χ2n) is 12.1. The maximum absolute atomic E-state index is 6.72. The molecule has 0 aliphatic heterocycles. The summed E-state index contributed by atoms with van der Waals surface area (Å²) in [4.78, 5) is 10.5. The Morgan fingerprint density at radius 1 is 0.537 bits per heavy atom. The molecule has 8 nitrogen and oxygen atoms in total. The maximum Gasteiger partial charge on any atom is 0.520 e. The van der Waals surface area contributed by atoms with Gasteiger partial charge in [-0.15, -0.1) is 22.7 Å². The van der Waals surface area contributed by atoms with Crippen LogP contribution in [0.25, 0.3) is 20.4 Å². The lowest BCUT2D eigenvalue weighted by atomic mass is 9.99. The zero-order chi connectivity index (χ0) is 38.1. The molecule has 0 spiro atoms. The molecule has 0 radical (unpaired) electrons. The van der Waals surface area contributed by atoms with Gasteiger partial charge in [-0.25, -0.2) is 9.97 Å². The summed E-state index contributed by atoms with van der Waals surface area (Å²) in [6.07, 6.45) is 17.4. The van der Waals surface area contributed by atoms with Gasteiger partial charge in [0.25, 0.3) is 0 Å². The topological polar surface area (TPSA) is 81.2 Å². The van der Waals surface area contributed by atoms with Gasteiger partial charge in [-0.05, 0) is 85.5 Å². The molecule has 0 saturated carbocycles. The smallest absolute Gasteiger partial charge is 0.373 e. The number of aromatic nitrogens is 2. The number of nitrogens with zero attached hydrogens (tertiary/aromatic N) is 2. The summed E-state index contributed by atoms with van der Waals surface area (Å²) in [6.45, 7) is 14.9. The highest BCUT2D eigenvalue weighted by molar-refractivity contribution is 9.26. The van der Waals surface area contributed by atoms with Crippen LogP contribution < -0.4 is 0 Å². The number of benzene rings is 2. The Hall–Kier alpha value is -1.23. The molecule has 4 unspecified atom stereocenters. The molecule has 54 heavy (non-hydrogen) atoms. The second-order valence-corrected chi connectivity index (χ2v) is 25.8. The summed E-state index contributed by atoms with van der Waals surface area (Å²) in [5, 5.41) is 0.177. The summed E-state index contributed by atoms with van der Waals surface area (Å²) < 4.78 is 42.6. The van der Waals surface area contributed by atoms with Crippen molar-refractivity contribution >= 4 is 102 Å². The highest BCUT2D eigenvalue weighted by Crippen LogP contribution is 2.59. The lowest BCUT2D eigenvalue weighted by Gasteiger charge is -2.46. The van der Waals surface area contributed by atoms with Gasteiger partial charge in [0.1, 0.15) is 20.1 Å². The van der Waals surface area contributed by atoms with Crippen LogP contribution in [0, 0.1) is 0 Å². The Morgan fingerprint density at radius 3 is 1.22 bits per heavy atom. The minimum atomic E-state index is -3.45. The van der Waals surface area contributed by atoms with Crippen molar-refractivity contribution in [1.29, 1.82) is 0 Å². The summed E-state index contributed by atoms with van der Waals surface area (Å²) >= 11 is 3.39. The third-order valence-electron chi connectivity index (χ3n) is 9.04. The molecule has 0 N–H and O–H groups in total. The maximum atomic E-state index is 6.72. The van der Waals surface area contributed by atoms with Crippen molar-refractivity contribution in [3.63, 3.8) is 0 Å². The van der Waals surface area contributed by atoms with Gasteiger partial charge in [-0.2, -0.15) is 0 Å². The van der Waals surface area contributed by atoms with Gasteiger partial charge in [-0.3, -0.25) is 0 Å². The van der Waals surface area contributed by atoms with Crippen LogP contribution in [0.4, 0.5) is 0 Å². The van der Waals surface area contributed by atoms with Gasteiger partial charge in [-0.1, -0.05) is 94.5 Å². The SMILES string of the molecule is CCO[Si](OCC)(OCC)C1(c2nc3ccccc3s2)C=CC=CC1SSSSC1C=CC=CC1(c1nc2ccccc2s1)[Si](OCC)(OCC)OCC. The predicted octanol–water partition coefficient (Wildman–Crippen LogP) is 10.9. The van der Waals surface area contributed by atoms with Crippen LogP contribution in [0.2, 0.25) is 0 Å². The highest BCUT2D eigenvalue weighted by atomic mass is 33.7. The molecule has 16 heteroatoms. The third kappa shape index (κ3) is 7.95. The largest absolute Gasteiger partial charge is 0.520 e. The van der Waals surface area contributed by atoms with Crippen molar-refractivity contribution in [3.05, 3.63) is 107 Å². The second kappa shape index (κ2) is 19.5. The van der Waals surface area contributed by atoms with E-state index in [1.54, 1.807) is 63.9 Å². The predicted molar refractivity (Wildman–Crippen MR) is 238 cm³/mol. The Kier molecular flexibility index (Phi) is 15.3. The molecule has 2 aliphatic rings. The summed E-state index contributed by atoms with van der Waals surface area (Å²) in [5.74, 6) is 0. The van der Waals surface area contributed by atoms with Gasteiger partial charge in [0.15, 0.2) is 0 Å². The lowest BCUT2D eigenvalue weighted by molar-refractivity contribution is 0.0512. The Morgan fingerprint density at radius 2 is 0.889 bits per heavy atom. The van der Waals surface area contributed by atoms with Crippen molar-refractivity contribution < 1.29 is 26.6 Å². The number of allylic oxidation sites excluding steroid dienone is 6. The Bertz CT molecular complexity index is 1720.